The standard InChI is InChI=1S/C19H20O8/c1-18(2)24-14(20)12(15(21)25-18)10-8-6-5-7-9-11-13-16(22)26-19(3,4)27-17(13)23/h5-11,20H,1-4H3/p-1. The molecule has 27 heavy (non-hydrogen) atoms. The maximum absolute atomic E-state index is 11.7. The maximum Gasteiger partial charge on any atom is 0.348 e. The molecule has 0 saturated carbocycles. The Kier molecular flexibility index (Phi) is 5.58. The van der Waals surface area contributed by atoms with Gasteiger partial charge in [-0.25, -0.2) is 14.4 Å². The molecule has 0 bridgehead atoms. The normalized spacial score (nSPS) is 22.1. The second kappa shape index (κ2) is 7.53. The molecule has 0 aromatic heterocycles. The Bertz CT molecular complexity index is 784. The van der Waals surface area contributed by atoms with Crippen LogP contribution in [0.15, 0.2) is 59.6 Å². The van der Waals surface area contributed by atoms with E-state index in [0.717, 1.165) is 0 Å². The summed E-state index contributed by atoms with van der Waals surface area (Å²) in [5, 5.41) is 11.7. The van der Waals surface area contributed by atoms with E-state index in [1.54, 1.807) is 6.08 Å². The molecule has 2 aliphatic rings. The number of carbonyl (C=O) groups is 3. The Labute approximate surface area is 156 Å². The van der Waals surface area contributed by atoms with Crippen LogP contribution in [0.2, 0.25) is 0 Å². The average Bonchev–Trinajstić information content (AvgIpc) is 2.48. The molecule has 0 aromatic rings. The largest absolute Gasteiger partial charge is 0.575 e. The summed E-state index contributed by atoms with van der Waals surface area (Å²) < 4.78 is 19.8. The SMILES string of the molecule is CC1(C)OC(=O)C(=CC=CC=CC=CC2=C([O-])OC(C)(C)OC2=O)C(=O)O1. The molecule has 0 amide bonds. The highest BCUT2D eigenvalue weighted by Crippen LogP contribution is 2.24. The number of rotatable bonds is 4. The molecule has 0 radical (unpaired) electrons. The molecule has 0 aromatic carbocycles. The average molecular weight is 375 g/mol. The number of carbonyl (C=O) groups excluding carboxylic acids is 3. The predicted molar refractivity (Wildman–Crippen MR) is 90.0 cm³/mol. The molecule has 0 N–H and O–H groups in total. The lowest BCUT2D eigenvalue weighted by atomic mass is 10.2. The number of hydrogen-bond acceptors (Lipinski definition) is 8. The highest BCUT2D eigenvalue weighted by Gasteiger charge is 2.38. The van der Waals surface area contributed by atoms with Gasteiger partial charge >= 0.3 is 17.9 Å². The van der Waals surface area contributed by atoms with Crippen molar-refractivity contribution >= 4 is 17.9 Å². The van der Waals surface area contributed by atoms with E-state index in [2.05, 4.69) is 0 Å². The summed E-state index contributed by atoms with van der Waals surface area (Å²) in [5.41, 5.74) is -0.444. The van der Waals surface area contributed by atoms with Crippen molar-refractivity contribution in [2.45, 2.75) is 39.3 Å². The molecule has 0 aliphatic carbocycles. The van der Waals surface area contributed by atoms with E-state index < -0.39 is 35.4 Å². The second-order valence-corrected chi connectivity index (χ2v) is 6.48. The summed E-state index contributed by atoms with van der Waals surface area (Å²) in [6.45, 7) is 5.84. The van der Waals surface area contributed by atoms with Gasteiger partial charge in [-0.05, 0) is 26.0 Å². The Balaban J connectivity index is 1.96. The van der Waals surface area contributed by atoms with Crippen LogP contribution in [0.5, 0.6) is 0 Å². The number of hydrogen-bond donors (Lipinski definition) is 0. The van der Waals surface area contributed by atoms with Crippen molar-refractivity contribution in [3.63, 3.8) is 0 Å². The van der Waals surface area contributed by atoms with Crippen molar-refractivity contribution in [3.05, 3.63) is 59.6 Å². The van der Waals surface area contributed by atoms with Crippen molar-refractivity contribution in [1.82, 2.24) is 0 Å². The lowest BCUT2D eigenvalue weighted by molar-refractivity contribution is -0.393. The summed E-state index contributed by atoms with van der Waals surface area (Å²) in [5.74, 6) is -5.63. The number of esters is 3. The summed E-state index contributed by atoms with van der Waals surface area (Å²) >= 11 is 0. The fourth-order valence-electron chi connectivity index (χ4n) is 2.09. The van der Waals surface area contributed by atoms with Crippen LogP contribution < -0.4 is 5.11 Å². The van der Waals surface area contributed by atoms with Gasteiger partial charge in [0.05, 0.1) is 11.5 Å². The van der Waals surface area contributed by atoms with Gasteiger partial charge in [0.15, 0.2) is 5.79 Å². The van der Waals surface area contributed by atoms with Gasteiger partial charge < -0.3 is 24.1 Å². The zero-order chi connectivity index (χ0) is 20.2. The van der Waals surface area contributed by atoms with Gasteiger partial charge in [-0.15, -0.1) is 0 Å². The smallest absolute Gasteiger partial charge is 0.348 e. The third kappa shape index (κ3) is 5.34. The molecule has 8 heteroatoms. The molecule has 0 unspecified atom stereocenters. The lowest BCUT2D eigenvalue weighted by Crippen LogP contribution is -2.41. The molecule has 2 aliphatic heterocycles. The first-order valence-corrected chi connectivity index (χ1v) is 8.03. The first kappa shape index (κ1) is 20.0. The van der Waals surface area contributed by atoms with Crippen molar-refractivity contribution in [2.75, 3.05) is 0 Å². The highest BCUT2D eigenvalue weighted by molar-refractivity contribution is 6.15. The minimum absolute atomic E-state index is 0.222. The quantitative estimate of drug-likeness (QED) is 0.313. The van der Waals surface area contributed by atoms with Crippen LogP contribution in [0, 0.1) is 0 Å². The second-order valence-electron chi connectivity index (χ2n) is 6.48. The van der Waals surface area contributed by atoms with E-state index >= 15 is 0 Å². The van der Waals surface area contributed by atoms with Crippen LogP contribution in [-0.2, 0) is 33.3 Å². The van der Waals surface area contributed by atoms with Gasteiger partial charge in [0, 0.05) is 13.8 Å². The van der Waals surface area contributed by atoms with Crippen molar-refractivity contribution in [3.8, 4) is 0 Å². The zero-order valence-electron chi connectivity index (χ0n) is 15.3. The predicted octanol–water partition coefficient (Wildman–Crippen LogP) is 1.30. The molecule has 144 valence electrons. The van der Waals surface area contributed by atoms with Crippen molar-refractivity contribution in [2.24, 2.45) is 0 Å². The topological polar surface area (TPSA) is 111 Å². The number of cyclic esters (lactones) is 3. The number of allylic oxidation sites excluding steroid dienone is 6. The monoisotopic (exact) mass is 375 g/mol. The van der Waals surface area contributed by atoms with Crippen LogP contribution in [0.25, 0.3) is 0 Å². The minimum Gasteiger partial charge on any atom is -0.575 e. The summed E-state index contributed by atoms with van der Waals surface area (Å²) in [6.07, 6.45) is 10.0. The van der Waals surface area contributed by atoms with Gasteiger partial charge in [0.2, 0.25) is 0 Å². The highest BCUT2D eigenvalue weighted by atomic mass is 16.8. The minimum atomic E-state index is -1.28. The van der Waals surface area contributed by atoms with Gasteiger partial charge in [-0.1, -0.05) is 30.4 Å². The van der Waals surface area contributed by atoms with E-state index in [1.165, 1.54) is 64.2 Å². The Morgan fingerprint density at radius 3 is 1.78 bits per heavy atom. The molecular formula is C19H19O8-. The van der Waals surface area contributed by atoms with Gasteiger partial charge in [-0.3, -0.25) is 0 Å². The fraction of sp³-hybridized carbons (Fsp3) is 0.316. The van der Waals surface area contributed by atoms with E-state index in [-0.39, 0.29) is 11.1 Å². The molecule has 2 heterocycles. The van der Waals surface area contributed by atoms with Crippen LogP contribution in [-0.4, -0.2) is 29.5 Å². The van der Waals surface area contributed by atoms with Gasteiger partial charge in [0.25, 0.3) is 5.79 Å². The Morgan fingerprint density at radius 1 is 0.704 bits per heavy atom. The molecule has 1 saturated heterocycles. The van der Waals surface area contributed by atoms with Crippen molar-refractivity contribution in [1.29, 1.82) is 0 Å². The third-order valence-electron chi connectivity index (χ3n) is 3.20. The van der Waals surface area contributed by atoms with Gasteiger partial charge in [-0.2, -0.15) is 0 Å². The first-order valence-electron chi connectivity index (χ1n) is 8.03. The van der Waals surface area contributed by atoms with Crippen LogP contribution in [0.1, 0.15) is 27.7 Å². The Hall–Kier alpha value is -3.29. The van der Waals surface area contributed by atoms with Crippen molar-refractivity contribution < 1.29 is 38.4 Å². The van der Waals surface area contributed by atoms with Crippen LogP contribution in [0.3, 0.4) is 0 Å². The van der Waals surface area contributed by atoms with E-state index in [4.69, 9.17) is 18.9 Å². The maximum atomic E-state index is 11.7. The van der Waals surface area contributed by atoms with Crippen LogP contribution >= 0.6 is 0 Å². The molecule has 2 rings (SSSR count). The molecule has 0 atom stereocenters. The molecule has 1 fully saturated rings. The van der Waals surface area contributed by atoms with Crippen LogP contribution in [0.4, 0.5) is 0 Å². The summed E-state index contributed by atoms with van der Waals surface area (Å²) in [6, 6.07) is 0. The summed E-state index contributed by atoms with van der Waals surface area (Å²) in [4.78, 5) is 35.2. The van der Waals surface area contributed by atoms with E-state index in [9.17, 15) is 19.5 Å². The van der Waals surface area contributed by atoms with E-state index in [1.807, 2.05) is 0 Å². The zero-order valence-corrected chi connectivity index (χ0v) is 15.3. The Morgan fingerprint density at radius 2 is 1.19 bits per heavy atom. The summed E-state index contributed by atoms with van der Waals surface area (Å²) in [7, 11) is 0. The molecular weight excluding hydrogens is 356 g/mol. The third-order valence-corrected chi connectivity index (χ3v) is 3.20. The van der Waals surface area contributed by atoms with Gasteiger partial charge in [0.1, 0.15) is 5.57 Å². The molecule has 0 spiro atoms. The lowest BCUT2D eigenvalue weighted by Gasteiger charge is -2.38. The number of ether oxygens (including phenoxy) is 4. The van der Waals surface area contributed by atoms with E-state index in [0.29, 0.717) is 0 Å². The first-order chi connectivity index (χ1) is 12.5. The molecule has 8 nitrogen and oxygen atoms in total. The fourth-order valence-corrected chi connectivity index (χ4v) is 2.09.